The van der Waals surface area contributed by atoms with Crippen LogP contribution in [0.1, 0.15) is 28.3 Å². The lowest BCUT2D eigenvalue weighted by Crippen LogP contribution is -2.18. The first kappa shape index (κ1) is 11.9. The lowest BCUT2D eigenvalue weighted by Gasteiger charge is -2.18. The summed E-state index contributed by atoms with van der Waals surface area (Å²) < 4.78 is 1.84. The highest BCUT2D eigenvalue weighted by Gasteiger charge is 2.15. The van der Waals surface area contributed by atoms with E-state index in [0.29, 0.717) is 0 Å². The van der Waals surface area contributed by atoms with Crippen molar-refractivity contribution in [3.63, 3.8) is 0 Å². The standard InChI is InChI=1S/C14H19N3/c1-10-5-6-11(2)13(7-10)14(15-3)12-8-16-17(4)9-12/h5-9,14-15H,1-4H3. The summed E-state index contributed by atoms with van der Waals surface area (Å²) in [4.78, 5) is 0. The Morgan fingerprint density at radius 2 is 2.06 bits per heavy atom. The fraction of sp³-hybridized carbons (Fsp3) is 0.357. The van der Waals surface area contributed by atoms with Gasteiger partial charge in [0.1, 0.15) is 0 Å². The monoisotopic (exact) mass is 229 g/mol. The number of nitrogens with zero attached hydrogens (tertiary/aromatic N) is 2. The molecule has 1 N–H and O–H groups in total. The van der Waals surface area contributed by atoms with E-state index >= 15 is 0 Å². The van der Waals surface area contributed by atoms with E-state index in [0.717, 1.165) is 0 Å². The first-order valence-corrected chi connectivity index (χ1v) is 5.85. The third kappa shape index (κ3) is 2.39. The van der Waals surface area contributed by atoms with Crippen LogP contribution in [0.3, 0.4) is 0 Å². The number of nitrogens with one attached hydrogen (secondary N) is 1. The Bertz CT molecular complexity index is 514. The van der Waals surface area contributed by atoms with E-state index in [-0.39, 0.29) is 6.04 Å². The fourth-order valence-corrected chi connectivity index (χ4v) is 2.16. The van der Waals surface area contributed by atoms with Crippen LogP contribution in [0.25, 0.3) is 0 Å². The van der Waals surface area contributed by atoms with Crippen molar-refractivity contribution < 1.29 is 0 Å². The molecule has 2 rings (SSSR count). The highest BCUT2D eigenvalue weighted by atomic mass is 15.2. The molecular formula is C14H19N3. The van der Waals surface area contributed by atoms with Gasteiger partial charge in [-0.1, -0.05) is 23.8 Å². The first-order chi connectivity index (χ1) is 8.11. The van der Waals surface area contributed by atoms with Crippen LogP contribution in [-0.4, -0.2) is 16.8 Å². The molecule has 1 aromatic carbocycles. The molecule has 0 bridgehead atoms. The van der Waals surface area contributed by atoms with Gasteiger partial charge < -0.3 is 5.32 Å². The summed E-state index contributed by atoms with van der Waals surface area (Å²) in [5.41, 5.74) is 5.11. The third-order valence-electron chi connectivity index (χ3n) is 3.09. The Morgan fingerprint density at radius 1 is 1.29 bits per heavy atom. The summed E-state index contributed by atoms with van der Waals surface area (Å²) in [5, 5.41) is 7.60. The zero-order valence-corrected chi connectivity index (χ0v) is 10.9. The molecule has 1 unspecified atom stereocenters. The van der Waals surface area contributed by atoms with E-state index in [1.165, 1.54) is 22.3 Å². The minimum Gasteiger partial charge on any atom is -0.309 e. The molecule has 0 saturated carbocycles. The summed E-state index contributed by atoms with van der Waals surface area (Å²) in [6.07, 6.45) is 3.98. The number of hydrogen-bond acceptors (Lipinski definition) is 2. The van der Waals surface area contributed by atoms with Gasteiger partial charge in [0, 0.05) is 18.8 Å². The third-order valence-corrected chi connectivity index (χ3v) is 3.09. The highest BCUT2D eigenvalue weighted by molar-refractivity contribution is 5.37. The number of rotatable bonds is 3. The zero-order chi connectivity index (χ0) is 12.4. The van der Waals surface area contributed by atoms with Gasteiger partial charge in [-0.2, -0.15) is 5.10 Å². The summed E-state index contributed by atoms with van der Waals surface area (Å²) >= 11 is 0. The Labute approximate surface area is 102 Å². The van der Waals surface area contributed by atoms with Crippen LogP contribution in [-0.2, 0) is 7.05 Å². The Balaban J connectivity index is 2.45. The van der Waals surface area contributed by atoms with Gasteiger partial charge in [0.25, 0.3) is 0 Å². The van der Waals surface area contributed by atoms with Crippen LogP contribution in [0.2, 0.25) is 0 Å². The zero-order valence-electron chi connectivity index (χ0n) is 10.9. The molecule has 3 nitrogen and oxygen atoms in total. The predicted octanol–water partition coefficient (Wildman–Crippen LogP) is 2.35. The maximum absolute atomic E-state index is 4.24. The minimum atomic E-state index is 0.212. The van der Waals surface area contributed by atoms with Crippen molar-refractivity contribution in [3.8, 4) is 0 Å². The Kier molecular flexibility index (Phi) is 3.29. The first-order valence-electron chi connectivity index (χ1n) is 5.85. The molecule has 0 amide bonds. The number of aromatic nitrogens is 2. The highest BCUT2D eigenvalue weighted by Crippen LogP contribution is 2.25. The van der Waals surface area contributed by atoms with Gasteiger partial charge in [-0.15, -0.1) is 0 Å². The van der Waals surface area contributed by atoms with Crippen LogP contribution in [0, 0.1) is 13.8 Å². The summed E-state index contributed by atoms with van der Waals surface area (Å²) in [6, 6.07) is 6.77. The van der Waals surface area contributed by atoms with E-state index < -0.39 is 0 Å². The Morgan fingerprint density at radius 3 is 2.65 bits per heavy atom. The topological polar surface area (TPSA) is 29.9 Å². The van der Waals surface area contributed by atoms with E-state index in [9.17, 15) is 0 Å². The van der Waals surface area contributed by atoms with Crippen molar-refractivity contribution in [2.24, 2.45) is 7.05 Å². The van der Waals surface area contributed by atoms with Crippen LogP contribution in [0.4, 0.5) is 0 Å². The molecular weight excluding hydrogens is 210 g/mol. The maximum atomic E-state index is 4.24. The normalized spacial score (nSPS) is 12.7. The summed E-state index contributed by atoms with van der Waals surface area (Å²) in [5.74, 6) is 0. The number of benzene rings is 1. The lowest BCUT2D eigenvalue weighted by molar-refractivity contribution is 0.684. The van der Waals surface area contributed by atoms with Crippen molar-refractivity contribution >= 4 is 0 Å². The van der Waals surface area contributed by atoms with Gasteiger partial charge in [-0.25, -0.2) is 0 Å². The minimum absolute atomic E-state index is 0.212. The van der Waals surface area contributed by atoms with Crippen molar-refractivity contribution in [3.05, 3.63) is 52.8 Å². The number of hydrogen-bond donors (Lipinski definition) is 1. The summed E-state index contributed by atoms with van der Waals surface area (Å²) in [7, 11) is 3.93. The molecule has 90 valence electrons. The van der Waals surface area contributed by atoms with Crippen molar-refractivity contribution in [2.45, 2.75) is 19.9 Å². The molecule has 1 aromatic heterocycles. The molecule has 1 heterocycles. The summed E-state index contributed by atoms with van der Waals surface area (Å²) in [6.45, 7) is 4.27. The molecule has 0 aliphatic rings. The van der Waals surface area contributed by atoms with Crippen LogP contribution in [0.5, 0.6) is 0 Å². The average molecular weight is 229 g/mol. The van der Waals surface area contributed by atoms with Crippen LogP contribution >= 0.6 is 0 Å². The average Bonchev–Trinajstić information content (AvgIpc) is 2.71. The van der Waals surface area contributed by atoms with E-state index in [2.05, 4.69) is 48.7 Å². The Hall–Kier alpha value is -1.61. The van der Waals surface area contributed by atoms with Gasteiger partial charge in [0.05, 0.1) is 12.2 Å². The molecule has 0 radical (unpaired) electrons. The largest absolute Gasteiger partial charge is 0.309 e. The van der Waals surface area contributed by atoms with Gasteiger partial charge in [0.2, 0.25) is 0 Å². The van der Waals surface area contributed by atoms with E-state index in [4.69, 9.17) is 0 Å². The molecule has 1 atom stereocenters. The van der Waals surface area contributed by atoms with Crippen LogP contribution < -0.4 is 5.32 Å². The molecule has 0 aliphatic heterocycles. The van der Waals surface area contributed by atoms with Crippen molar-refractivity contribution in [2.75, 3.05) is 7.05 Å². The number of aryl methyl sites for hydroxylation is 3. The molecule has 0 saturated heterocycles. The second-order valence-electron chi connectivity index (χ2n) is 4.53. The van der Waals surface area contributed by atoms with Crippen molar-refractivity contribution in [1.29, 1.82) is 0 Å². The lowest BCUT2D eigenvalue weighted by atomic mass is 9.95. The second-order valence-corrected chi connectivity index (χ2v) is 4.53. The fourth-order valence-electron chi connectivity index (χ4n) is 2.16. The second kappa shape index (κ2) is 4.72. The van der Waals surface area contributed by atoms with E-state index in [1.54, 1.807) is 0 Å². The van der Waals surface area contributed by atoms with Gasteiger partial charge in [-0.05, 0) is 32.0 Å². The van der Waals surface area contributed by atoms with Crippen molar-refractivity contribution in [1.82, 2.24) is 15.1 Å². The van der Waals surface area contributed by atoms with Gasteiger partial charge >= 0.3 is 0 Å². The molecule has 0 fully saturated rings. The SMILES string of the molecule is CNC(c1cnn(C)c1)c1cc(C)ccc1C. The van der Waals surface area contributed by atoms with Gasteiger partial charge in [-0.3, -0.25) is 4.68 Å². The smallest absolute Gasteiger partial charge is 0.0608 e. The quantitative estimate of drug-likeness (QED) is 0.875. The molecule has 17 heavy (non-hydrogen) atoms. The van der Waals surface area contributed by atoms with E-state index in [1.807, 2.05) is 25.0 Å². The molecule has 2 aromatic rings. The molecule has 0 aliphatic carbocycles. The van der Waals surface area contributed by atoms with Gasteiger partial charge in [0.15, 0.2) is 0 Å². The maximum Gasteiger partial charge on any atom is 0.0608 e. The molecule has 3 heteroatoms. The van der Waals surface area contributed by atoms with Crippen LogP contribution in [0.15, 0.2) is 30.6 Å². The molecule has 0 spiro atoms. The predicted molar refractivity (Wildman–Crippen MR) is 70.0 cm³/mol.